The topological polar surface area (TPSA) is 81.7 Å². The number of allylic oxidation sites excluding steroid dienone is 3. The molecule has 3 rings (SSSR count). The van der Waals surface area contributed by atoms with Crippen LogP contribution in [0.5, 0.6) is 0 Å². The molecule has 168 valence electrons. The number of carboxylic acids is 1. The number of aliphatic carboxylic acids is 1. The predicted octanol–water partition coefficient (Wildman–Crippen LogP) is 4.20. The first-order chi connectivity index (χ1) is 15.4. The van der Waals surface area contributed by atoms with E-state index in [0.717, 1.165) is 29.1 Å². The van der Waals surface area contributed by atoms with E-state index < -0.39 is 5.97 Å². The number of nitrogens with one attached hydrogen (secondary N) is 2. The Morgan fingerprint density at radius 1 is 1.31 bits per heavy atom. The van der Waals surface area contributed by atoms with Crippen LogP contribution in [-0.4, -0.2) is 40.5 Å². The summed E-state index contributed by atoms with van der Waals surface area (Å²) in [6.45, 7) is 3.76. The molecule has 6 nitrogen and oxygen atoms in total. The molecule has 0 spiro atoms. The molecule has 3 N–H and O–H groups in total. The second-order valence-electron chi connectivity index (χ2n) is 8.02. The minimum atomic E-state index is -0.832. The third-order valence-corrected chi connectivity index (χ3v) is 6.49. The van der Waals surface area contributed by atoms with Crippen LogP contribution in [0, 0.1) is 18.3 Å². The first kappa shape index (κ1) is 23.7. The number of nitrogens with zero attached hydrogens (tertiary/aromatic N) is 1. The van der Waals surface area contributed by atoms with E-state index >= 15 is 0 Å². The molecule has 0 bridgehead atoms. The summed E-state index contributed by atoms with van der Waals surface area (Å²) in [5, 5.41) is 12.0. The fraction of sp³-hybridized carbons (Fsp3) is 0.360. The number of amides is 1. The summed E-state index contributed by atoms with van der Waals surface area (Å²) in [5.74, 6) is 2.04. The van der Waals surface area contributed by atoms with Crippen molar-refractivity contribution in [2.45, 2.75) is 50.1 Å². The van der Waals surface area contributed by atoms with Gasteiger partial charge in [-0.1, -0.05) is 24.1 Å². The average molecular weight is 452 g/mol. The van der Waals surface area contributed by atoms with E-state index in [1.807, 2.05) is 36.1 Å². The molecule has 3 atom stereocenters. The highest BCUT2D eigenvalue weighted by Gasteiger charge is 2.31. The lowest BCUT2D eigenvalue weighted by atomic mass is 9.79. The average Bonchev–Trinajstić information content (AvgIpc) is 2.76. The number of hydrogen-bond donors (Lipinski definition) is 3. The zero-order valence-electron chi connectivity index (χ0n) is 18.4. The first-order valence-corrected chi connectivity index (χ1v) is 11.5. The van der Waals surface area contributed by atoms with Gasteiger partial charge in [0.25, 0.3) is 0 Å². The molecule has 0 heterocycles. The third kappa shape index (κ3) is 6.06. The molecule has 7 heteroatoms. The van der Waals surface area contributed by atoms with Gasteiger partial charge in [0.2, 0.25) is 5.91 Å². The largest absolute Gasteiger partial charge is 0.481 e. The lowest BCUT2D eigenvalue weighted by molar-refractivity contribution is -0.138. The lowest BCUT2D eigenvalue weighted by Gasteiger charge is -2.38. The van der Waals surface area contributed by atoms with Crippen LogP contribution in [0.25, 0.3) is 0 Å². The number of benzene rings is 1. The maximum atomic E-state index is 11.3. The predicted molar refractivity (Wildman–Crippen MR) is 129 cm³/mol. The number of carboxylic acid groups (broad SMARTS) is 1. The van der Waals surface area contributed by atoms with E-state index in [1.165, 1.54) is 12.5 Å². The van der Waals surface area contributed by atoms with Crippen molar-refractivity contribution in [3.05, 3.63) is 59.8 Å². The van der Waals surface area contributed by atoms with Crippen LogP contribution in [0.2, 0.25) is 0 Å². The van der Waals surface area contributed by atoms with E-state index in [9.17, 15) is 14.7 Å². The monoisotopic (exact) mass is 451 g/mol. The Morgan fingerprint density at radius 3 is 2.72 bits per heavy atom. The number of hydrogen-bond acceptors (Lipinski definition) is 5. The molecule has 0 radical (unpaired) electrons. The lowest BCUT2D eigenvalue weighted by Crippen LogP contribution is -2.40. The molecule has 1 aromatic carbocycles. The van der Waals surface area contributed by atoms with Crippen LogP contribution < -0.4 is 10.0 Å². The van der Waals surface area contributed by atoms with Gasteiger partial charge in [-0.25, -0.2) is 0 Å². The van der Waals surface area contributed by atoms with Crippen molar-refractivity contribution in [1.82, 2.24) is 9.62 Å². The summed E-state index contributed by atoms with van der Waals surface area (Å²) in [5.41, 5.74) is 2.99. The number of carbonyl (C=O) groups is 2. The molecule has 3 unspecified atom stereocenters. The van der Waals surface area contributed by atoms with Gasteiger partial charge >= 0.3 is 5.97 Å². The molecule has 1 amide bonds. The van der Waals surface area contributed by atoms with E-state index in [-0.39, 0.29) is 30.3 Å². The standard InChI is InChI=1S/C25H29N3O3S/c1-4-15-28(17(2)16-25(30)31)24-14-13-23(21-7-5-6-8-22(21)24)27-32-20-11-9-19(10-12-20)26-18(3)29/h1,6,8-14,17,21,23,27H,5,7,15-16H2,2-3H3,(H,26,29)(H,30,31). The van der Waals surface area contributed by atoms with Crippen LogP contribution >= 0.6 is 11.9 Å². The summed E-state index contributed by atoms with van der Waals surface area (Å²) in [7, 11) is 0. The molecular formula is C25H29N3O3S. The quantitative estimate of drug-likeness (QED) is 0.386. The highest BCUT2D eigenvalue weighted by atomic mass is 32.2. The summed E-state index contributed by atoms with van der Waals surface area (Å²) in [6.07, 6.45) is 16.2. The van der Waals surface area contributed by atoms with Crippen LogP contribution in [-0.2, 0) is 9.59 Å². The molecule has 0 fully saturated rings. The van der Waals surface area contributed by atoms with Crippen molar-refractivity contribution in [1.29, 1.82) is 0 Å². The van der Waals surface area contributed by atoms with E-state index in [2.05, 4.69) is 40.3 Å². The van der Waals surface area contributed by atoms with Crippen molar-refractivity contribution in [2.75, 3.05) is 11.9 Å². The molecule has 32 heavy (non-hydrogen) atoms. The SMILES string of the molecule is C#CCN(C1=C2C=CCCC2C(NSc2ccc(NC(C)=O)cc2)C=C1)C(C)CC(=O)O. The second-order valence-corrected chi connectivity index (χ2v) is 8.93. The fourth-order valence-electron chi connectivity index (χ4n) is 4.11. The van der Waals surface area contributed by atoms with Crippen LogP contribution in [0.4, 0.5) is 5.69 Å². The van der Waals surface area contributed by atoms with Crippen molar-refractivity contribution in [2.24, 2.45) is 5.92 Å². The minimum absolute atomic E-state index is 0.0344. The van der Waals surface area contributed by atoms with Crippen molar-refractivity contribution < 1.29 is 14.7 Å². The minimum Gasteiger partial charge on any atom is -0.481 e. The van der Waals surface area contributed by atoms with Gasteiger partial charge in [-0.2, -0.15) is 0 Å². The Bertz CT molecular complexity index is 975. The zero-order chi connectivity index (χ0) is 23.1. The maximum Gasteiger partial charge on any atom is 0.305 e. The fourth-order valence-corrected chi connectivity index (χ4v) is 4.89. The van der Waals surface area contributed by atoms with Gasteiger partial charge in [0.15, 0.2) is 0 Å². The Kier molecular flexibility index (Phi) is 8.20. The number of rotatable bonds is 9. The second kappa shape index (κ2) is 11.1. The summed E-state index contributed by atoms with van der Waals surface area (Å²) >= 11 is 1.56. The third-order valence-electron chi connectivity index (χ3n) is 5.59. The van der Waals surface area contributed by atoms with Crippen molar-refractivity contribution in [3.8, 4) is 12.3 Å². The van der Waals surface area contributed by atoms with E-state index in [1.54, 1.807) is 11.9 Å². The van der Waals surface area contributed by atoms with Gasteiger partial charge in [-0.3, -0.25) is 14.3 Å². The number of carbonyl (C=O) groups excluding carboxylic acids is 1. The van der Waals surface area contributed by atoms with Crippen molar-refractivity contribution >= 4 is 29.5 Å². The molecule has 0 aliphatic heterocycles. The highest BCUT2D eigenvalue weighted by molar-refractivity contribution is 7.97. The van der Waals surface area contributed by atoms with Gasteiger partial charge in [0.05, 0.1) is 13.0 Å². The number of terminal acetylenes is 1. The van der Waals surface area contributed by atoms with Crippen LogP contribution in [0.3, 0.4) is 0 Å². The molecule has 0 saturated carbocycles. The summed E-state index contributed by atoms with van der Waals surface area (Å²) in [6, 6.07) is 7.66. The van der Waals surface area contributed by atoms with Crippen LogP contribution in [0.1, 0.15) is 33.1 Å². The Hall–Kier alpha value is -2.95. The summed E-state index contributed by atoms with van der Waals surface area (Å²) in [4.78, 5) is 25.5. The van der Waals surface area contributed by atoms with Gasteiger partial charge in [-0.15, -0.1) is 6.42 Å². The number of anilines is 1. The highest BCUT2D eigenvalue weighted by Crippen LogP contribution is 2.37. The molecule has 2 aliphatic rings. The first-order valence-electron chi connectivity index (χ1n) is 10.7. The Labute approximate surface area is 194 Å². The molecule has 1 aromatic rings. The van der Waals surface area contributed by atoms with Gasteiger partial charge in [0.1, 0.15) is 0 Å². The Morgan fingerprint density at radius 2 is 2.06 bits per heavy atom. The molecule has 0 aromatic heterocycles. The van der Waals surface area contributed by atoms with Gasteiger partial charge < -0.3 is 15.3 Å². The summed E-state index contributed by atoms with van der Waals surface area (Å²) < 4.78 is 3.57. The number of fused-ring (bicyclic) bond motifs is 1. The van der Waals surface area contributed by atoms with Crippen molar-refractivity contribution in [3.63, 3.8) is 0 Å². The smallest absolute Gasteiger partial charge is 0.305 e. The molecular weight excluding hydrogens is 422 g/mol. The molecule has 2 aliphatic carbocycles. The maximum absolute atomic E-state index is 11.3. The van der Waals surface area contributed by atoms with Gasteiger partial charge in [0, 0.05) is 41.2 Å². The normalized spacial score (nSPS) is 20.3. The van der Waals surface area contributed by atoms with E-state index in [4.69, 9.17) is 6.42 Å². The van der Waals surface area contributed by atoms with E-state index in [0.29, 0.717) is 6.54 Å². The van der Waals surface area contributed by atoms with Gasteiger partial charge in [-0.05, 0) is 67.6 Å². The Balaban J connectivity index is 1.74. The zero-order valence-corrected chi connectivity index (χ0v) is 19.2. The molecule has 0 saturated heterocycles. The van der Waals surface area contributed by atoms with Crippen LogP contribution in [0.15, 0.2) is 64.7 Å².